The topological polar surface area (TPSA) is 82.3 Å². The van der Waals surface area contributed by atoms with E-state index >= 15 is 0 Å². The summed E-state index contributed by atoms with van der Waals surface area (Å²) in [5.74, 6) is 1.03. The molecule has 6 nitrogen and oxygen atoms in total. The van der Waals surface area contributed by atoms with Gasteiger partial charge in [-0.05, 0) is 33.6 Å². The third-order valence-corrected chi connectivity index (χ3v) is 3.08. The second-order valence-electron chi connectivity index (χ2n) is 5.09. The van der Waals surface area contributed by atoms with Gasteiger partial charge in [0, 0.05) is 6.61 Å². The Morgan fingerprint density at radius 1 is 1.42 bits per heavy atom. The number of rotatable bonds is 5. The number of hydrogen-bond donors (Lipinski definition) is 2. The second-order valence-corrected chi connectivity index (χ2v) is 5.09. The molecular weight excluding hydrogens is 244 g/mol. The third kappa shape index (κ3) is 3.47. The highest BCUT2D eigenvalue weighted by Crippen LogP contribution is 2.27. The molecule has 0 aliphatic carbocycles. The van der Waals surface area contributed by atoms with Gasteiger partial charge in [-0.2, -0.15) is 4.98 Å². The quantitative estimate of drug-likeness (QED) is 0.846. The molecule has 6 heteroatoms. The highest BCUT2D eigenvalue weighted by atomic mass is 16.5. The Balaban J connectivity index is 2.07. The lowest BCUT2D eigenvalue weighted by molar-refractivity contribution is 0.0995. The van der Waals surface area contributed by atoms with E-state index in [4.69, 9.17) is 15.2 Å². The lowest BCUT2D eigenvalue weighted by atomic mass is 10.1. The van der Waals surface area contributed by atoms with Crippen molar-refractivity contribution in [2.24, 2.45) is 0 Å². The number of nitrogen functional groups attached to an aromatic ring is 1. The Morgan fingerprint density at radius 2 is 2.21 bits per heavy atom. The van der Waals surface area contributed by atoms with Crippen LogP contribution in [0, 0.1) is 0 Å². The molecule has 0 amide bonds. The molecule has 1 aromatic heterocycles. The van der Waals surface area contributed by atoms with Crippen LogP contribution in [-0.4, -0.2) is 34.8 Å². The molecule has 1 aliphatic heterocycles. The summed E-state index contributed by atoms with van der Waals surface area (Å²) >= 11 is 0. The smallest absolute Gasteiger partial charge is 0.242 e. The van der Waals surface area contributed by atoms with E-state index in [2.05, 4.69) is 22.2 Å². The van der Waals surface area contributed by atoms with Gasteiger partial charge < -0.3 is 20.5 Å². The van der Waals surface area contributed by atoms with Crippen LogP contribution in [0.2, 0.25) is 0 Å². The average Bonchev–Trinajstić information content (AvgIpc) is 2.87. The molecule has 0 radical (unpaired) electrons. The van der Waals surface area contributed by atoms with Crippen LogP contribution in [-0.2, 0) is 4.74 Å². The molecule has 1 aliphatic rings. The van der Waals surface area contributed by atoms with Crippen molar-refractivity contribution in [3.63, 3.8) is 0 Å². The maximum absolute atomic E-state index is 6.03. The predicted octanol–water partition coefficient (Wildman–Crippen LogP) is 1.83. The summed E-state index contributed by atoms with van der Waals surface area (Å²) in [6.45, 7) is 6.77. The van der Waals surface area contributed by atoms with E-state index in [-0.39, 0.29) is 18.2 Å². The highest BCUT2D eigenvalue weighted by Gasteiger charge is 2.23. The normalized spacial score (nSPS) is 20.5. The minimum absolute atomic E-state index is 0.0284. The minimum Gasteiger partial charge on any atom is -0.473 e. The Morgan fingerprint density at radius 3 is 2.84 bits per heavy atom. The molecule has 2 rings (SSSR count). The lowest BCUT2D eigenvalue weighted by Gasteiger charge is -2.22. The summed E-state index contributed by atoms with van der Waals surface area (Å²) in [5.41, 5.74) is 6.47. The summed E-state index contributed by atoms with van der Waals surface area (Å²) in [6.07, 6.45) is 3.87. The monoisotopic (exact) mass is 266 g/mol. The van der Waals surface area contributed by atoms with E-state index in [9.17, 15) is 0 Å². The predicted molar refractivity (Wildman–Crippen MR) is 74.3 cm³/mol. The van der Waals surface area contributed by atoms with Crippen molar-refractivity contribution >= 4 is 11.5 Å². The molecule has 2 heterocycles. The van der Waals surface area contributed by atoms with E-state index in [1.807, 2.05) is 13.8 Å². The van der Waals surface area contributed by atoms with Crippen LogP contribution in [0.15, 0.2) is 6.33 Å². The van der Waals surface area contributed by atoms with Crippen molar-refractivity contribution in [2.75, 3.05) is 17.7 Å². The maximum atomic E-state index is 6.03. The molecule has 2 unspecified atom stereocenters. The third-order valence-electron chi connectivity index (χ3n) is 3.08. The fourth-order valence-corrected chi connectivity index (χ4v) is 2.12. The standard InChI is InChI=1S/C13H22N4O2/c1-8(2)19-13-11(14)12(15-7-16-13)17-9(3)10-5-4-6-18-10/h7-10H,4-6,14H2,1-3H3,(H,15,16,17). The zero-order valence-electron chi connectivity index (χ0n) is 11.7. The van der Waals surface area contributed by atoms with E-state index in [0.717, 1.165) is 19.4 Å². The van der Waals surface area contributed by atoms with Crippen LogP contribution in [0.25, 0.3) is 0 Å². The fraction of sp³-hybridized carbons (Fsp3) is 0.692. The van der Waals surface area contributed by atoms with E-state index in [1.165, 1.54) is 6.33 Å². The SMILES string of the molecule is CC(C)Oc1ncnc(NC(C)C2CCCO2)c1N. The van der Waals surface area contributed by atoms with Crippen LogP contribution < -0.4 is 15.8 Å². The van der Waals surface area contributed by atoms with Gasteiger partial charge in [-0.3, -0.25) is 0 Å². The van der Waals surface area contributed by atoms with Crippen LogP contribution in [0.4, 0.5) is 11.5 Å². The number of aromatic nitrogens is 2. The van der Waals surface area contributed by atoms with Crippen molar-refractivity contribution in [1.82, 2.24) is 9.97 Å². The van der Waals surface area contributed by atoms with Crippen molar-refractivity contribution in [3.05, 3.63) is 6.33 Å². The number of ether oxygens (including phenoxy) is 2. The van der Waals surface area contributed by atoms with Crippen LogP contribution in [0.5, 0.6) is 5.88 Å². The van der Waals surface area contributed by atoms with Crippen LogP contribution in [0.1, 0.15) is 33.6 Å². The summed E-state index contributed by atoms with van der Waals surface area (Å²) in [4.78, 5) is 8.23. The highest BCUT2D eigenvalue weighted by molar-refractivity contribution is 5.66. The molecule has 2 atom stereocenters. The first-order valence-electron chi connectivity index (χ1n) is 6.73. The first-order chi connectivity index (χ1) is 9.08. The van der Waals surface area contributed by atoms with E-state index in [1.54, 1.807) is 0 Å². The first-order valence-corrected chi connectivity index (χ1v) is 6.73. The number of nitrogens with two attached hydrogens (primary N) is 1. The van der Waals surface area contributed by atoms with Gasteiger partial charge in [0.1, 0.15) is 12.0 Å². The minimum atomic E-state index is 0.0284. The van der Waals surface area contributed by atoms with Gasteiger partial charge in [0.15, 0.2) is 5.82 Å². The molecule has 1 fully saturated rings. The summed E-state index contributed by atoms with van der Waals surface area (Å²) in [7, 11) is 0. The molecule has 0 bridgehead atoms. The first kappa shape index (κ1) is 13.9. The molecule has 3 N–H and O–H groups in total. The molecule has 0 saturated carbocycles. The van der Waals surface area contributed by atoms with Gasteiger partial charge in [-0.1, -0.05) is 0 Å². The van der Waals surface area contributed by atoms with Gasteiger partial charge in [0.2, 0.25) is 5.88 Å². The summed E-state index contributed by atoms with van der Waals surface area (Å²) in [5, 5.41) is 3.28. The van der Waals surface area contributed by atoms with Gasteiger partial charge in [0.05, 0.1) is 18.2 Å². The average molecular weight is 266 g/mol. The molecule has 0 aromatic carbocycles. The number of nitrogens with one attached hydrogen (secondary N) is 1. The number of nitrogens with zero attached hydrogens (tertiary/aromatic N) is 2. The fourth-order valence-electron chi connectivity index (χ4n) is 2.12. The molecule has 19 heavy (non-hydrogen) atoms. The largest absolute Gasteiger partial charge is 0.473 e. The Bertz CT molecular complexity index is 419. The van der Waals surface area contributed by atoms with Crippen molar-refractivity contribution < 1.29 is 9.47 Å². The van der Waals surface area contributed by atoms with Crippen LogP contribution >= 0.6 is 0 Å². The molecule has 1 saturated heterocycles. The molecule has 0 spiro atoms. The van der Waals surface area contributed by atoms with Gasteiger partial charge in [-0.15, -0.1) is 0 Å². The van der Waals surface area contributed by atoms with Crippen LogP contribution in [0.3, 0.4) is 0 Å². The van der Waals surface area contributed by atoms with Crippen molar-refractivity contribution in [2.45, 2.75) is 51.9 Å². The number of hydrogen-bond acceptors (Lipinski definition) is 6. The molecular formula is C13H22N4O2. The molecule has 106 valence electrons. The van der Waals surface area contributed by atoms with Gasteiger partial charge >= 0.3 is 0 Å². The Labute approximate surface area is 113 Å². The Hall–Kier alpha value is -1.56. The maximum Gasteiger partial charge on any atom is 0.242 e. The van der Waals surface area contributed by atoms with Crippen molar-refractivity contribution in [1.29, 1.82) is 0 Å². The second kappa shape index (κ2) is 6.06. The van der Waals surface area contributed by atoms with Gasteiger partial charge in [-0.25, -0.2) is 4.98 Å². The van der Waals surface area contributed by atoms with Crippen molar-refractivity contribution in [3.8, 4) is 5.88 Å². The van der Waals surface area contributed by atoms with E-state index < -0.39 is 0 Å². The molecule has 1 aromatic rings. The van der Waals surface area contributed by atoms with E-state index in [0.29, 0.717) is 17.4 Å². The Kier molecular flexibility index (Phi) is 4.42. The van der Waals surface area contributed by atoms with Gasteiger partial charge in [0.25, 0.3) is 0 Å². The zero-order chi connectivity index (χ0) is 13.8. The summed E-state index contributed by atoms with van der Waals surface area (Å²) < 4.78 is 11.2. The summed E-state index contributed by atoms with van der Waals surface area (Å²) in [6, 6.07) is 0.159. The lowest BCUT2D eigenvalue weighted by Crippen LogP contribution is -2.30. The zero-order valence-corrected chi connectivity index (χ0v) is 11.7. The number of anilines is 2.